The molecule has 3 N–H and O–H groups in total. The molecule has 1 rings (SSSR count). The highest BCUT2D eigenvalue weighted by molar-refractivity contribution is 5.07. The predicted molar refractivity (Wildman–Crippen MR) is 51.6 cm³/mol. The van der Waals surface area contributed by atoms with Crippen molar-refractivity contribution < 1.29 is 20.1 Å². The van der Waals surface area contributed by atoms with Gasteiger partial charge in [0.15, 0.2) is 5.79 Å². The van der Waals surface area contributed by atoms with Gasteiger partial charge in [-0.25, -0.2) is 0 Å². The molecular weight excluding hydrogens is 184 g/mol. The largest absolute Gasteiger partial charge is 0.387 e. The highest BCUT2D eigenvalue weighted by Gasteiger charge is 2.60. The van der Waals surface area contributed by atoms with E-state index in [4.69, 9.17) is 4.74 Å². The summed E-state index contributed by atoms with van der Waals surface area (Å²) in [6.45, 7) is 7.82. The van der Waals surface area contributed by atoms with Gasteiger partial charge in [-0.2, -0.15) is 0 Å². The lowest BCUT2D eigenvalue weighted by Crippen LogP contribution is -2.70. The molecule has 5 atom stereocenters. The van der Waals surface area contributed by atoms with Crippen molar-refractivity contribution in [1.82, 2.24) is 0 Å². The Morgan fingerprint density at radius 3 is 1.79 bits per heavy atom. The van der Waals surface area contributed by atoms with Crippen molar-refractivity contribution in [2.45, 2.75) is 57.7 Å². The van der Waals surface area contributed by atoms with E-state index in [0.717, 1.165) is 0 Å². The van der Waals surface area contributed by atoms with E-state index in [2.05, 4.69) is 0 Å². The van der Waals surface area contributed by atoms with Gasteiger partial charge in [-0.05, 0) is 27.7 Å². The smallest absolute Gasteiger partial charge is 0.168 e. The van der Waals surface area contributed by atoms with Crippen LogP contribution >= 0.6 is 0 Å². The summed E-state index contributed by atoms with van der Waals surface area (Å²) in [6.07, 6.45) is -0.622. The van der Waals surface area contributed by atoms with Crippen molar-refractivity contribution in [3.8, 4) is 0 Å². The maximum absolute atomic E-state index is 10.2. The van der Waals surface area contributed by atoms with Crippen LogP contribution in [0.15, 0.2) is 0 Å². The van der Waals surface area contributed by atoms with E-state index in [1.807, 2.05) is 0 Å². The van der Waals surface area contributed by atoms with E-state index in [9.17, 15) is 15.3 Å². The van der Waals surface area contributed by atoms with Crippen molar-refractivity contribution >= 4 is 0 Å². The van der Waals surface area contributed by atoms with Crippen molar-refractivity contribution in [3.63, 3.8) is 0 Å². The highest BCUT2D eigenvalue weighted by Crippen LogP contribution is 2.44. The molecule has 0 aromatic carbocycles. The summed E-state index contributed by atoms with van der Waals surface area (Å²) in [5.74, 6) is -1.98. The van der Waals surface area contributed by atoms with Crippen molar-refractivity contribution in [2.24, 2.45) is 5.92 Å². The molecule has 0 aromatic heterocycles. The van der Waals surface area contributed by atoms with Gasteiger partial charge < -0.3 is 20.1 Å². The van der Waals surface area contributed by atoms with Gasteiger partial charge in [0.2, 0.25) is 0 Å². The average molecular weight is 204 g/mol. The van der Waals surface area contributed by atoms with Crippen LogP contribution < -0.4 is 0 Å². The summed E-state index contributed by atoms with van der Waals surface area (Å²) in [5, 5.41) is 30.2. The van der Waals surface area contributed by atoms with Crippen LogP contribution in [-0.2, 0) is 4.74 Å². The molecule has 5 unspecified atom stereocenters. The quantitative estimate of drug-likeness (QED) is 0.529. The summed E-state index contributed by atoms with van der Waals surface area (Å²) in [4.78, 5) is 0. The van der Waals surface area contributed by atoms with E-state index in [0.29, 0.717) is 0 Å². The Kier molecular flexibility index (Phi) is 2.48. The summed E-state index contributed by atoms with van der Waals surface area (Å²) in [5.41, 5.74) is -2.75. The SMILES string of the molecule is CC1OC(C)(O)C(C)C(C)(O)C1(C)O. The van der Waals surface area contributed by atoms with E-state index in [1.165, 1.54) is 20.8 Å². The fourth-order valence-electron chi connectivity index (χ4n) is 1.95. The Hall–Kier alpha value is -0.160. The molecule has 0 amide bonds. The molecule has 1 aliphatic rings. The standard InChI is InChI=1S/C10H20O4/c1-6-8(3,11)9(4,12)7(2)14-10(6,5)13/h6-7,11-13H,1-5H3. The lowest BCUT2D eigenvalue weighted by molar-refractivity contribution is -0.367. The molecule has 4 nitrogen and oxygen atoms in total. The molecule has 84 valence electrons. The second-order valence-electron chi connectivity index (χ2n) is 4.83. The second kappa shape index (κ2) is 2.92. The fraction of sp³-hybridized carbons (Fsp3) is 1.00. The van der Waals surface area contributed by atoms with Crippen LogP contribution in [-0.4, -0.2) is 38.4 Å². The van der Waals surface area contributed by atoms with E-state index in [-0.39, 0.29) is 0 Å². The van der Waals surface area contributed by atoms with Gasteiger partial charge in [0.1, 0.15) is 11.2 Å². The lowest BCUT2D eigenvalue weighted by atomic mass is 9.68. The Labute approximate surface area is 84.5 Å². The molecule has 0 saturated carbocycles. The number of rotatable bonds is 0. The first-order valence-corrected chi connectivity index (χ1v) is 4.88. The van der Waals surface area contributed by atoms with Gasteiger partial charge in [0.25, 0.3) is 0 Å². The molecule has 0 spiro atoms. The third kappa shape index (κ3) is 1.37. The number of aliphatic hydroxyl groups is 3. The van der Waals surface area contributed by atoms with E-state index >= 15 is 0 Å². The van der Waals surface area contributed by atoms with Gasteiger partial charge in [0.05, 0.1) is 6.10 Å². The molecule has 1 aliphatic heterocycles. The van der Waals surface area contributed by atoms with Crippen LogP contribution in [0.25, 0.3) is 0 Å². The molecule has 0 bridgehead atoms. The monoisotopic (exact) mass is 204 g/mol. The van der Waals surface area contributed by atoms with E-state index < -0.39 is 29.0 Å². The number of hydrogen-bond donors (Lipinski definition) is 3. The Morgan fingerprint density at radius 2 is 1.36 bits per heavy atom. The van der Waals surface area contributed by atoms with Gasteiger partial charge >= 0.3 is 0 Å². The molecule has 14 heavy (non-hydrogen) atoms. The predicted octanol–water partition coefficient (Wildman–Crippen LogP) is 0.252. The maximum Gasteiger partial charge on any atom is 0.168 e. The Balaban J connectivity index is 3.12. The first-order valence-electron chi connectivity index (χ1n) is 4.88. The third-order valence-corrected chi connectivity index (χ3v) is 3.88. The van der Waals surface area contributed by atoms with Crippen LogP contribution in [0.2, 0.25) is 0 Å². The van der Waals surface area contributed by atoms with Gasteiger partial charge in [-0.1, -0.05) is 6.92 Å². The molecule has 0 aliphatic carbocycles. The molecule has 1 saturated heterocycles. The Morgan fingerprint density at radius 1 is 0.929 bits per heavy atom. The molecule has 1 fully saturated rings. The van der Waals surface area contributed by atoms with Crippen LogP contribution in [0.5, 0.6) is 0 Å². The zero-order chi connectivity index (χ0) is 11.4. The van der Waals surface area contributed by atoms with E-state index in [1.54, 1.807) is 13.8 Å². The topological polar surface area (TPSA) is 69.9 Å². The second-order valence-corrected chi connectivity index (χ2v) is 4.83. The van der Waals surface area contributed by atoms with Crippen LogP contribution in [0.1, 0.15) is 34.6 Å². The summed E-state index contributed by atoms with van der Waals surface area (Å²) in [7, 11) is 0. The van der Waals surface area contributed by atoms with Crippen molar-refractivity contribution in [2.75, 3.05) is 0 Å². The minimum absolute atomic E-state index is 0.568. The zero-order valence-electron chi connectivity index (χ0n) is 9.40. The maximum atomic E-state index is 10.2. The average Bonchev–Trinajstić information content (AvgIpc) is 1.99. The minimum atomic E-state index is -1.41. The summed E-state index contributed by atoms with van der Waals surface area (Å²) in [6, 6.07) is 0. The number of ether oxygens (including phenoxy) is 1. The van der Waals surface area contributed by atoms with Gasteiger partial charge in [-0.15, -0.1) is 0 Å². The number of hydrogen-bond acceptors (Lipinski definition) is 4. The Bertz CT molecular complexity index is 232. The van der Waals surface area contributed by atoms with Gasteiger partial charge in [-0.3, -0.25) is 0 Å². The van der Waals surface area contributed by atoms with Gasteiger partial charge in [0, 0.05) is 5.92 Å². The molecule has 1 heterocycles. The van der Waals surface area contributed by atoms with Crippen molar-refractivity contribution in [1.29, 1.82) is 0 Å². The van der Waals surface area contributed by atoms with Crippen LogP contribution in [0.4, 0.5) is 0 Å². The highest BCUT2D eigenvalue weighted by atomic mass is 16.6. The normalized spacial score (nSPS) is 60.0. The summed E-state index contributed by atoms with van der Waals surface area (Å²) < 4.78 is 5.28. The zero-order valence-corrected chi connectivity index (χ0v) is 9.40. The molecular formula is C10H20O4. The summed E-state index contributed by atoms with van der Waals surface area (Å²) >= 11 is 0. The van der Waals surface area contributed by atoms with Crippen LogP contribution in [0, 0.1) is 5.92 Å². The van der Waals surface area contributed by atoms with Crippen LogP contribution in [0.3, 0.4) is 0 Å². The fourth-order valence-corrected chi connectivity index (χ4v) is 1.95. The first kappa shape index (κ1) is 11.9. The lowest BCUT2D eigenvalue weighted by Gasteiger charge is -2.55. The third-order valence-electron chi connectivity index (χ3n) is 3.88. The molecule has 4 heteroatoms. The molecule has 0 aromatic rings. The minimum Gasteiger partial charge on any atom is -0.387 e. The van der Waals surface area contributed by atoms with Crippen molar-refractivity contribution in [3.05, 3.63) is 0 Å². The first-order chi connectivity index (χ1) is 6.03. The molecule has 0 radical (unpaired) electrons.